The van der Waals surface area contributed by atoms with Crippen LogP contribution in [0.3, 0.4) is 0 Å². The van der Waals surface area contributed by atoms with Crippen LogP contribution in [0.15, 0.2) is 11.1 Å². The van der Waals surface area contributed by atoms with Crippen LogP contribution < -0.4 is 5.32 Å². The molecule has 0 saturated heterocycles. The van der Waals surface area contributed by atoms with Gasteiger partial charge in [-0.1, -0.05) is 19.8 Å². The van der Waals surface area contributed by atoms with Gasteiger partial charge < -0.3 is 10.1 Å². The van der Waals surface area contributed by atoms with Crippen LogP contribution in [-0.2, 0) is 11.3 Å². The number of anilines is 1. The lowest BCUT2D eigenvalue weighted by Gasteiger charge is -2.11. The van der Waals surface area contributed by atoms with Gasteiger partial charge in [0.2, 0.25) is 0 Å². The van der Waals surface area contributed by atoms with Crippen LogP contribution in [0, 0.1) is 5.92 Å². The zero-order chi connectivity index (χ0) is 14.2. The fourth-order valence-electron chi connectivity index (χ4n) is 2.46. The first-order valence-electron chi connectivity index (χ1n) is 7.55. The molecule has 1 aliphatic rings. The van der Waals surface area contributed by atoms with E-state index >= 15 is 0 Å². The topological polar surface area (TPSA) is 47.0 Å². The molecule has 2 rings (SSSR count). The molecule has 20 heavy (non-hydrogen) atoms. The van der Waals surface area contributed by atoms with Gasteiger partial charge in [0.15, 0.2) is 5.82 Å². The summed E-state index contributed by atoms with van der Waals surface area (Å²) in [4.78, 5) is 9.06. The van der Waals surface area contributed by atoms with Crippen LogP contribution in [0.4, 0.5) is 5.82 Å². The van der Waals surface area contributed by atoms with E-state index in [1.165, 1.54) is 31.4 Å². The largest absolute Gasteiger partial charge is 0.377 e. The highest BCUT2D eigenvalue weighted by Crippen LogP contribution is 2.30. The summed E-state index contributed by atoms with van der Waals surface area (Å²) in [5, 5.41) is 4.41. The molecule has 0 aliphatic heterocycles. The standard InChI is InChI=1S/C15H25N3OS/c1-3-8-16-13-9-15(18-14(17-13)10-19-2)20-11-12-6-4-5-7-12/h9,12H,3-8,10-11H2,1-2H3,(H,16,17,18). The van der Waals surface area contributed by atoms with E-state index in [1.54, 1.807) is 7.11 Å². The van der Waals surface area contributed by atoms with Crippen LogP contribution in [0.1, 0.15) is 44.9 Å². The number of rotatable bonds is 8. The zero-order valence-electron chi connectivity index (χ0n) is 12.5. The Bertz CT molecular complexity index is 408. The van der Waals surface area contributed by atoms with Crippen LogP contribution in [0.2, 0.25) is 0 Å². The molecular formula is C15H25N3OS. The minimum atomic E-state index is 0.471. The van der Waals surface area contributed by atoms with Gasteiger partial charge in [0.05, 0.1) is 0 Å². The quantitative estimate of drug-likeness (QED) is 0.585. The zero-order valence-corrected chi connectivity index (χ0v) is 13.3. The van der Waals surface area contributed by atoms with E-state index < -0.39 is 0 Å². The molecule has 1 fully saturated rings. The molecule has 0 spiro atoms. The maximum atomic E-state index is 5.16. The third kappa shape index (κ3) is 4.94. The van der Waals surface area contributed by atoms with Gasteiger partial charge in [-0.15, -0.1) is 11.8 Å². The third-order valence-corrected chi connectivity index (χ3v) is 4.66. The fraction of sp³-hybridized carbons (Fsp3) is 0.733. The number of methoxy groups -OCH3 is 1. The summed E-state index contributed by atoms with van der Waals surface area (Å²) < 4.78 is 5.16. The molecule has 1 aliphatic carbocycles. The van der Waals surface area contributed by atoms with Gasteiger partial charge in [0, 0.05) is 25.5 Å². The van der Waals surface area contributed by atoms with Crippen molar-refractivity contribution in [1.29, 1.82) is 0 Å². The average Bonchev–Trinajstić information content (AvgIpc) is 2.96. The van der Waals surface area contributed by atoms with Gasteiger partial charge >= 0.3 is 0 Å². The van der Waals surface area contributed by atoms with Crippen LogP contribution in [0.25, 0.3) is 0 Å². The molecule has 1 heterocycles. The predicted octanol–water partition coefficient (Wildman–Crippen LogP) is 3.73. The molecule has 0 unspecified atom stereocenters. The number of nitrogens with one attached hydrogen (secondary N) is 1. The second-order valence-corrected chi connectivity index (χ2v) is 6.37. The summed E-state index contributed by atoms with van der Waals surface area (Å²) in [5.41, 5.74) is 0. The summed E-state index contributed by atoms with van der Waals surface area (Å²) >= 11 is 1.86. The molecule has 0 amide bonds. The Morgan fingerprint density at radius 3 is 2.85 bits per heavy atom. The lowest BCUT2D eigenvalue weighted by molar-refractivity contribution is 0.177. The highest BCUT2D eigenvalue weighted by molar-refractivity contribution is 7.99. The second kappa shape index (κ2) is 8.47. The van der Waals surface area contributed by atoms with Crippen molar-refractivity contribution in [1.82, 2.24) is 9.97 Å². The van der Waals surface area contributed by atoms with E-state index in [9.17, 15) is 0 Å². The highest BCUT2D eigenvalue weighted by atomic mass is 32.2. The van der Waals surface area contributed by atoms with E-state index in [-0.39, 0.29) is 0 Å². The summed E-state index contributed by atoms with van der Waals surface area (Å²) in [5.74, 6) is 3.73. The van der Waals surface area contributed by atoms with E-state index in [0.717, 1.165) is 35.6 Å². The Morgan fingerprint density at radius 2 is 2.15 bits per heavy atom. The Morgan fingerprint density at radius 1 is 1.35 bits per heavy atom. The molecule has 0 aromatic carbocycles. The Hall–Kier alpha value is -0.810. The van der Waals surface area contributed by atoms with Crippen molar-refractivity contribution in [3.63, 3.8) is 0 Å². The lowest BCUT2D eigenvalue weighted by atomic mass is 10.1. The van der Waals surface area contributed by atoms with Gasteiger partial charge in [-0.25, -0.2) is 9.97 Å². The molecule has 0 bridgehead atoms. The Labute approximate surface area is 126 Å². The summed E-state index contributed by atoms with van der Waals surface area (Å²) in [6.07, 6.45) is 6.64. The maximum Gasteiger partial charge on any atom is 0.157 e. The summed E-state index contributed by atoms with van der Waals surface area (Å²) in [6, 6.07) is 2.06. The average molecular weight is 295 g/mol. The normalized spacial score (nSPS) is 15.7. The lowest BCUT2D eigenvalue weighted by Crippen LogP contribution is -2.07. The number of hydrogen-bond donors (Lipinski definition) is 1. The molecule has 0 radical (unpaired) electrons. The van der Waals surface area contributed by atoms with Crippen LogP contribution in [-0.4, -0.2) is 29.4 Å². The molecule has 5 heteroatoms. The number of ether oxygens (including phenoxy) is 1. The Balaban J connectivity index is 1.98. The third-order valence-electron chi connectivity index (χ3n) is 3.52. The van der Waals surface area contributed by atoms with Gasteiger partial charge in [0.1, 0.15) is 17.5 Å². The van der Waals surface area contributed by atoms with Gasteiger partial charge in [-0.2, -0.15) is 0 Å². The van der Waals surface area contributed by atoms with Crippen LogP contribution in [0.5, 0.6) is 0 Å². The molecular weight excluding hydrogens is 270 g/mol. The van der Waals surface area contributed by atoms with Crippen molar-refractivity contribution in [2.75, 3.05) is 24.7 Å². The van der Waals surface area contributed by atoms with E-state index in [1.807, 2.05) is 11.8 Å². The molecule has 0 atom stereocenters. The molecule has 1 aromatic heterocycles. The van der Waals surface area contributed by atoms with E-state index in [2.05, 4.69) is 28.3 Å². The van der Waals surface area contributed by atoms with Gasteiger partial charge in [0.25, 0.3) is 0 Å². The summed E-state index contributed by atoms with van der Waals surface area (Å²) in [7, 11) is 1.68. The number of nitrogens with zero attached hydrogens (tertiary/aromatic N) is 2. The first-order chi connectivity index (χ1) is 9.81. The Kier molecular flexibility index (Phi) is 6.60. The molecule has 1 aromatic rings. The van der Waals surface area contributed by atoms with Crippen molar-refractivity contribution < 1.29 is 4.74 Å². The molecule has 4 nitrogen and oxygen atoms in total. The summed E-state index contributed by atoms with van der Waals surface area (Å²) in [6.45, 7) is 3.56. The predicted molar refractivity (Wildman–Crippen MR) is 84.2 cm³/mol. The molecule has 1 N–H and O–H groups in total. The fourth-order valence-corrected chi connectivity index (χ4v) is 3.57. The number of aromatic nitrogens is 2. The van der Waals surface area contributed by atoms with Crippen molar-refractivity contribution in [3.05, 3.63) is 11.9 Å². The van der Waals surface area contributed by atoms with Crippen molar-refractivity contribution in [3.8, 4) is 0 Å². The minimum absolute atomic E-state index is 0.471. The van der Waals surface area contributed by atoms with Crippen molar-refractivity contribution >= 4 is 17.6 Å². The van der Waals surface area contributed by atoms with Crippen molar-refractivity contribution in [2.45, 2.75) is 50.7 Å². The highest BCUT2D eigenvalue weighted by Gasteiger charge is 2.16. The number of thioether (sulfide) groups is 1. The van der Waals surface area contributed by atoms with E-state index in [4.69, 9.17) is 4.74 Å². The van der Waals surface area contributed by atoms with Gasteiger partial charge in [-0.05, 0) is 25.2 Å². The first-order valence-corrected chi connectivity index (χ1v) is 8.54. The second-order valence-electron chi connectivity index (χ2n) is 5.33. The monoisotopic (exact) mass is 295 g/mol. The number of hydrogen-bond acceptors (Lipinski definition) is 5. The first kappa shape index (κ1) is 15.6. The molecule has 112 valence electrons. The maximum absolute atomic E-state index is 5.16. The van der Waals surface area contributed by atoms with E-state index in [0.29, 0.717) is 6.61 Å². The minimum Gasteiger partial charge on any atom is -0.377 e. The SMILES string of the molecule is CCCNc1cc(SCC2CCCC2)nc(COC)n1. The van der Waals surface area contributed by atoms with Crippen LogP contribution >= 0.6 is 11.8 Å². The van der Waals surface area contributed by atoms with Crippen molar-refractivity contribution in [2.24, 2.45) is 5.92 Å². The van der Waals surface area contributed by atoms with Gasteiger partial charge in [-0.3, -0.25) is 0 Å². The molecule has 1 saturated carbocycles. The smallest absolute Gasteiger partial charge is 0.157 e.